The Bertz CT molecular complexity index is 1190. The van der Waals surface area contributed by atoms with Gasteiger partial charge in [-0.3, -0.25) is 14.9 Å². The molecule has 0 fully saturated rings. The highest BCUT2D eigenvalue weighted by Crippen LogP contribution is 2.36. The van der Waals surface area contributed by atoms with Crippen molar-refractivity contribution in [3.05, 3.63) is 74.6 Å². The molecule has 0 unspecified atom stereocenters. The molecule has 0 aliphatic carbocycles. The molecule has 0 aliphatic heterocycles. The number of nitriles is 1. The normalized spacial score (nSPS) is 10.3. The largest absolute Gasteiger partial charge is 0.494 e. The van der Waals surface area contributed by atoms with Crippen LogP contribution in [0.2, 0.25) is 0 Å². The first kappa shape index (κ1) is 20.6. The Morgan fingerprint density at radius 2 is 1.83 bits per heavy atom. The number of nitro groups is 1. The van der Waals surface area contributed by atoms with Crippen molar-refractivity contribution in [1.82, 2.24) is 4.98 Å². The van der Waals surface area contributed by atoms with Crippen molar-refractivity contribution in [2.75, 3.05) is 13.2 Å². The zero-order valence-corrected chi connectivity index (χ0v) is 16.5. The molecule has 1 heterocycles. The van der Waals surface area contributed by atoms with E-state index in [1.165, 1.54) is 18.2 Å². The molecule has 0 saturated carbocycles. The predicted octanol–water partition coefficient (Wildman–Crippen LogP) is 4.29. The van der Waals surface area contributed by atoms with Gasteiger partial charge in [0, 0.05) is 34.5 Å². The number of nitrogens with zero attached hydrogens (tertiary/aromatic N) is 2. The Labute approximate surface area is 172 Å². The highest BCUT2D eigenvalue weighted by molar-refractivity contribution is 5.80. The quantitative estimate of drug-likeness (QED) is 0.463. The third kappa shape index (κ3) is 4.15. The van der Waals surface area contributed by atoms with Gasteiger partial charge in [0.15, 0.2) is 0 Å². The fourth-order valence-electron chi connectivity index (χ4n) is 3.08. The minimum atomic E-state index is -0.597. The van der Waals surface area contributed by atoms with Gasteiger partial charge in [0.05, 0.1) is 18.1 Å². The van der Waals surface area contributed by atoms with Crippen LogP contribution in [0.25, 0.3) is 22.4 Å². The van der Waals surface area contributed by atoms with Gasteiger partial charge in [0.25, 0.3) is 11.2 Å². The van der Waals surface area contributed by atoms with Crippen LogP contribution in [-0.4, -0.2) is 23.1 Å². The summed E-state index contributed by atoms with van der Waals surface area (Å²) >= 11 is 0. The fraction of sp³-hybridized carbons (Fsp3) is 0.182. The molecule has 152 valence electrons. The fourth-order valence-corrected chi connectivity index (χ4v) is 3.08. The third-order valence-electron chi connectivity index (χ3n) is 4.37. The van der Waals surface area contributed by atoms with E-state index in [0.29, 0.717) is 47.1 Å². The summed E-state index contributed by atoms with van der Waals surface area (Å²) in [6.45, 7) is 4.53. The minimum absolute atomic E-state index is 0.0845. The van der Waals surface area contributed by atoms with E-state index < -0.39 is 10.5 Å². The zero-order valence-electron chi connectivity index (χ0n) is 16.5. The van der Waals surface area contributed by atoms with Gasteiger partial charge in [-0.25, -0.2) is 0 Å². The molecule has 3 aromatic rings. The summed E-state index contributed by atoms with van der Waals surface area (Å²) in [7, 11) is 0. The van der Waals surface area contributed by atoms with Crippen molar-refractivity contribution >= 4 is 5.69 Å². The molecule has 0 aliphatic rings. The molecule has 0 bridgehead atoms. The van der Waals surface area contributed by atoms with E-state index in [9.17, 15) is 20.2 Å². The van der Waals surface area contributed by atoms with E-state index in [1.807, 2.05) is 19.9 Å². The van der Waals surface area contributed by atoms with Crippen LogP contribution in [0.5, 0.6) is 11.5 Å². The van der Waals surface area contributed by atoms with Gasteiger partial charge < -0.3 is 14.5 Å². The summed E-state index contributed by atoms with van der Waals surface area (Å²) < 4.78 is 11.3. The van der Waals surface area contributed by atoms with Gasteiger partial charge >= 0.3 is 0 Å². The summed E-state index contributed by atoms with van der Waals surface area (Å²) in [5, 5.41) is 20.7. The average Bonchev–Trinajstić information content (AvgIpc) is 2.74. The number of nitrogens with one attached hydrogen (secondary N) is 1. The predicted molar refractivity (Wildman–Crippen MR) is 112 cm³/mol. The van der Waals surface area contributed by atoms with Crippen LogP contribution >= 0.6 is 0 Å². The van der Waals surface area contributed by atoms with Crippen molar-refractivity contribution < 1.29 is 14.4 Å². The summed E-state index contributed by atoms with van der Waals surface area (Å²) in [5.41, 5.74) is 0.893. The van der Waals surface area contributed by atoms with Crippen LogP contribution in [0.1, 0.15) is 19.4 Å². The Kier molecular flexibility index (Phi) is 6.13. The van der Waals surface area contributed by atoms with Crippen LogP contribution in [0, 0.1) is 21.4 Å². The Balaban J connectivity index is 2.26. The van der Waals surface area contributed by atoms with Crippen molar-refractivity contribution in [2.24, 2.45) is 0 Å². The van der Waals surface area contributed by atoms with Crippen LogP contribution in [0.3, 0.4) is 0 Å². The molecular formula is C22H19N3O5. The Morgan fingerprint density at radius 3 is 2.50 bits per heavy atom. The number of hydrogen-bond donors (Lipinski definition) is 1. The van der Waals surface area contributed by atoms with Crippen molar-refractivity contribution in [3.8, 4) is 40.0 Å². The first-order chi connectivity index (χ1) is 14.5. The highest BCUT2D eigenvalue weighted by atomic mass is 16.6. The molecule has 0 radical (unpaired) electrons. The molecule has 2 aromatic carbocycles. The molecule has 8 nitrogen and oxygen atoms in total. The lowest BCUT2D eigenvalue weighted by Gasteiger charge is -2.14. The smallest absolute Gasteiger partial charge is 0.270 e. The summed E-state index contributed by atoms with van der Waals surface area (Å²) in [5.74, 6) is 1.06. The number of non-ortho nitro benzene ring substituents is 1. The number of H-pyrrole nitrogens is 1. The minimum Gasteiger partial charge on any atom is -0.494 e. The van der Waals surface area contributed by atoms with E-state index in [4.69, 9.17) is 9.47 Å². The third-order valence-corrected chi connectivity index (χ3v) is 4.37. The molecule has 1 N–H and O–H groups in total. The highest BCUT2D eigenvalue weighted by Gasteiger charge is 2.18. The molecule has 0 amide bonds. The second-order valence-corrected chi connectivity index (χ2v) is 6.24. The maximum atomic E-state index is 12.7. The number of benzene rings is 2. The number of nitro benzene ring substituents is 1. The van der Waals surface area contributed by atoms with E-state index in [1.54, 1.807) is 30.3 Å². The first-order valence-electron chi connectivity index (χ1n) is 9.30. The average molecular weight is 405 g/mol. The second kappa shape index (κ2) is 8.92. The van der Waals surface area contributed by atoms with E-state index >= 15 is 0 Å². The van der Waals surface area contributed by atoms with Crippen LogP contribution in [0.4, 0.5) is 5.69 Å². The van der Waals surface area contributed by atoms with Gasteiger partial charge in [0.2, 0.25) is 0 Å². The van der Waals surface area contributed by atoms with Gasteiger partial charge in [-0.15, -0.1) is 0 Å². The summed E-state index contributed by atoms with van der Waals surface area (Å²) in [6.07, 6.45) is 0. The number of aromatic amines is 1. The number of rotatable bonds is 7. The van der Waals surface area contributed by atoms with Crippen LogP contribution < -0.4 is 15.0 Å². The topological polar surface area (TPSA) is 118 Å². The maximum absolute atomic E-state index is 12.7. The van der Waals surface area contributed by atoms with E-state index in [0.717, 1.165) is 0 Å². The number of hydrogen-bond acceptors (Lipinski definition) is 6. The van der Waals surface area contributed by atoms with Crippen molar-refractivity contribution in [2.45, 2.75) is 13.8 Å². The molecule has 0 saturated heterocycles. The second-order valence-electron chi connectivity index (χ2n) is 6.24. The SMILES string of the molecule is CCOc1ccc(OCC)c(-c2cc(-c3cccc([N+](=O)[O-])c3)[nH]c(=O)c2C#N)c1. The summed E-state index contributed by atoms with van der Waals surface area (Å²) in [6, 6.07) is 14.6. The molecule has 0 spiro atoms. The molecule has 3 rings (SSSR count). The molecule has 30 heavy (non-hydrogen) atoms. The number of aromatic nitrogens is 1. The van der Waals surface area contributed by atoms with Gasteiger partial charge in [-0.05, 0) is 38.1 Å². The Hall–Kier alpha value is -4.12. The molecular weight excluding hydrogens is 386 g/mol. The molecule has 1 aromatic heterocycles. The first-order valence-corrected chi connectivity index (χ1v) is 9.30. The standard InChI is InChI=1S/C22H19N3O5/c1-3-29-16-8-9-21(30-4-2)18(11-16)17-12-20(24-22(26)19(17)13-23)14-6-5-7-15(10-14)25(27)28/h5-12H,3-4H2,1-2H3,(H,24,26). The van der Waals surface area contributed by atoms with Gasteiger partial charge in [-0.1, -0.05) is 12.1 Å². The number of ether oxygens (including phenoxy) is 2. The molecule has 8 heteroatoms. The van der Waals surface area contributed by atoms with E-state index in [2.05, 4.69) is 4.98 Å². The lowest BCUT2D eigenvalue weighted by molar-refractivity contribution is -0.384. The van der Waals surface area contributed by atoms with Crippen molar-refractivity contribution in [1.29, 1.82) is 5.26 Å². The van der Waals surface area contributed by atoms with Crippen molar-refractivity contribution in [3.63, 3.8) is 0 Å². The Morgan fingerprint density at radius 1 is 1.07 bits per heavy atom. The lowest BCUT2D eigenvalue weighted by atomic mass is 9.98. The lowest BCUT2D eigenvalue weighted by Crippen LogP contribution is -2.13. The molecule has 0 atom stereocenters. The van der Waals surface area contributed by atoms with Crippen LogP contribution in [-0.2, 0) is 0 Å². The number of pyridine rings is 1. The monoisotopic (exact) mass is 405 g/mol. The van der Waals surface area contributed by atoms with E-state index in [-0.39, 0.29) is 11.3 Å². The van der Waals surface area contributed by atoms with Crippen LogP contribution in [0.15, 0.2) is 53.3 Å². The maximum Gasteiger partial charge on any atom is 0.270 e. The van der Waals surface area contributed by atoms with Gasteiger partial charge in [-0.2, -0.15) is 5.26 Å². The summed E-state index contributed by atoms with van der Waals surface area (Å²) in [4.78, 5) is 25.9. The van der Waals surface area contributed by atoms with Gasteiger partial charge in [0.1, 0.15) is 23.1 Å². The zero-order chi connectivity index (χ0) is 21.7.